The van der Waals surface area contributed by atoms with Crippen LogP contribution in [0, 0.1) is 0 Å². The van der Waals surface area contributed by atoms with Crippen molar-refractivity contribution in [3.8, 4) is 0 Å². The van der Waals surface area contributed by atoms with Crippen LogP contribution in [0.2, 0.25) is 0 Å². The number of hydrogen-bond donors (Lipinski definition) is 1. The molecule has 15 heavy (non-hydrogen) atoms. The molecule has 2 heterocycles. The maximum Gasteiger partial charge on any atom is 0.0555 e. The second kappa shape index (κ2) is 4.04. The van der Waals surface area contributed by atoms with Gasteiger partial charge in [-0.1, -0.05) is 0 Å². The second-order valence-electron chi connectivity index (χ2n) is 5.45. The van der Waals surface area contributed by atoms with E-state index < -0.39 is 0 Å². The van der Waals surface area contributed by atoms with E-state index in [1.807, 2.05) is 0 Å². The Morgan fingerprint density at radius 3 is 2.53 bits per heavy atom. The van der Waals surface area contributed by atoms with Crippen LogP contribution in [-0.4, -0.2) is 59.3 Å². The van der Waals surface area contributed by atoms with Crippen molar-refractivity contribution in [2.75, 3.05) is 26.2 Å². The Kier molecular flexibility index (Phi) is 2.71. The molecule has 0 aromatic carbocycles. The van der Waals surface area contributed by atoms with E-state index in [1.54, 1.807) is 0 Å². The first-order chi connectivity index (χ1) is 7.33. The van der Waals surface area contributed by atoms with Crippen molar-refractivity contribution < 1.29 is 5.11 Å². The summed E-state index contributed by atoms with van der Waals surface area (Å²) in [6.07, 6.45) is 6.03. The van der Waals surface area contributed by atoms with E-state index >= 15 is 0 Å². The third-order valence-corrected chi connectivity index (χ3v) is 4.51. The van der Waals surface area contributed by atoms with E-state index in [0.717, 1.165) is 18.9 Å². The van der Waals surface area contributed by atoms with Crippen molar-refractivity contribution in [3.05, 3.63) is 0 Å². The Hall–Kier alpha value is -0.120. The van der Waals surface area contributed by atoms with Gasteiger partial charge in [-0.2, -0.15) is 0 Å². The molecule has 3 unspecified atom stereocenters. The standard InChI is InChI=1S/C12H22N2O/c15-12-4-3-10(8-12)14-7-6-13-5-1-2-11(13)9-14/h10-12,15H,1-9H2. The number of rotatable bonds is 1. The van der Waals surface area contributed by atoms with Gasteiger partial charge in [0.15, 0.2) is 0 Å². The molecule has 0 amide bonds. The van der Waals surface area contributed by atoms with E-state index in [4.69, 9.17) is 0 Å². The Bertz CT molecular complexity index is 234. The van der Waals surface area contributed by atoms with Gasteiger partial charge in [-0.05, 0) is 38.6 Å². The van der Waals surface area contributed by atoms with Crippen LogP contribution in [-0.2, 0) is 0 Å². The summed E-state index contributed by atoms with van der Waals surface area (Å²) in [6.45, 7) is 5.08. The summed E-state index contributed by atoms with van der Waals surface area (Å²) in [5.74, 6) is 0. The summed E-state index contributed by atoms with van der Waals surface area (Å²) in [5, 5.41) is 9.58. The van der Waals surface area contributed by atoms with Crippen LogP contribution in [0.4, 0.5) is 0 Å². The zero-order valence-corrected chi connectivity index (χ0v) is 9.44. The molecule has 3 atom stereocenters. The molecule has 3 fully saturated rings. The molecule has 0 radical (unpaired) electrons. The SMILES string of the molecule is OC1CCC(N2CCN3CCCC3C2)C1. The molecule has 2 saturated heterocycles. The van der Waals surface area contributed by atoms with Gasteiger partial charge in [0.25, 0.3) is 0 Å². The van der Waals surface area contributed by atoms with Gasteiger partial charge in [0.1, 0.15) is 0 Å². The molecule has 3 aliphatic rings. The molecule has 3 nitrogen and oxygen atoms in total. The monoisotopic (exact) mass is 210 g/mol. The molecule has 86 valence electrons. The van der Waals surface area contributed by atoms with E-state index in [9.17, 15) is 5.11 Å². The van der Waals surface area contributed by atoms with Gasteiger partial charge >= 0.3 is 0 Å². The van der Waals surface area contributed by atoms with Crippen LogP contribution in [0.3, 0.4) is 0 Å². The normalized spacial score (nSPS) is 43.4. The fourth-order valence-electron chi connectivity index (χ4n) is 3.61. The van der Waals surface area contributed by atoms with Gasteiger partial charge in [0.2, 0.25) is 0 Å². The van der Waals surface area contributed by atoms with Crippen molar-refractivity contribution in [2.45, 2.75) is 50.3 Å². The van der Waals surface area contributed by atoms with Gasteiger partial charge in [-0.25, -0.2) is 0 Å². The Morgan fingerprint density at radius 2 is 1.73 bits per heavy atom. The van der Waals surface area contributed by atoms with Gasteiger partial charge in [0, 0.05) is 31.7 Å². The van der Waals surface area contributed by atoms with Crippen molar-refractivity contribution in [1.82, 2.24) is 9.80 Å². The fourth-order valence-corrected chi connectivity index (χ4v) is 3.61. The summed E-state index contributed by atoms with van der Waals surface area (Å²) in [4.78, 5) is 5.30. The molecular weight excluding hydrogens is 188 g/mol. The highest BCUT2D eigenvalue weighted by atomic mass is 16.3. The van der Waals surface area contributed by atoms with Crippen molar-refractivity contribution in [2.24, 2.45) is 0 Å². The van der Waals surface area contributed by atoms with E-state index in [-0.39, 0.29) is 6.10 Å². The van der Waals surface area contributed by atoms with Gasteiger partial charge in [-0.15, -0.1) is 0 Å². The molecule has 0 bridgehead atoms. The Morgan fingerprint density at radius 1 is 0.867 bits per heavy atom. The predicted molar refractivity (Wildman–Crippen MR) is 59.8 cm³/mol. The molecule has 1 aliphatic carbocycles. The maximum atomic E-state index is 9.58. The number of nitrogens with zero attached hydrogens (tertiary/aromatic N) is 2. The van der Waals surface area contributed by atoms with E-state index in [1.165, 1.54) is 45.4 Å². The molecule has 3 heteroatoms. The quantitative estimate of drug-likeness (QED) is 0.689. The van der Waals surface area contributed by atoms with Crippen molar-refractivity contribution >= 4 is 0 Å². The molecular formula is C12H22N2O. The lowest BCUT2D eigenvalue weighted by Crippen LogP contribution is -2.52. The molecule has 0 aromatic heterocycles. The fraction of sp³-hybridized carbons (Fsp3) is 1.00. The minimum Gasteiger partial charge on any atom is -0.393 e. The van der Waals surface area contributed by atoms with Crippen LogP contribution >= 0.6 is 0 Å². The number of hydrogen-bond acceptors (Lipinski definition) is 3. The van der Waals surface area contributed by atoms with Gasteiger partial charge < -0.3 is 5.11 Å². The lowest BCUT2D eigenvalue weighted by Gasteiger charge is -2.40. The zero-order valence-electron chi connectivity index (χ0n) is 9.44. The Labute approximate surface area is 92.1 Å². The summed E-state index contributed by atoms with van der Waals surface area (Å²) in [7, 11) is 0. The van der Waals surface area contributed by atoms with Crippen LogP contribution in [0.5, 0.6) is 0 Å². The maximum absolute atomic E-state index is 9.58. The lowest BCUT2D eigenvalue weighted by atomic mass is 10.1. The molecule has 0 aromatic rings. The summed E-state index contributed by atoms with van der Waals surface area (Å²) >= 11 is 0. The topological polar surface area (TPSA) is 26.7 Å². The number of aliphatic hydroxyl groups excluding tert-OH is 1. The highest BCUT2D eigenvalue weighted by molar-refractivity contribution is 4.91. The highest BCUT2D eigenvalue weighted by Gasteiger charge is 2.35. The summed E-state index contributed by atoms with van der Waals surface area (Å²) < 4.78 is 0. The number of aliphatic hydroxyl groups is 1. The van der Waals surface area contributed by atoms with Crippen molar-refractivity contribution in [3.63, 3.8) is 0 Å². The average Bonchev–Trinajstić information content (AvgIpc) is 2.84. The zero-order chi connectivity index (χ0) is 10.3. The molecule has 1 N–H and O–H groups in total. The molecule has 0 spiro atoms. The summed E-state index contributed by atoms with van der Waals surface area (Å²) in [5.41, 5.74) is 0. The number of fused-ring (bicyclic) bond motifs is 1. The van der Waals surface area contributed by atoms with Crippen LogP contribution < -0.4 is 0 Å². The molecule has 3 rings (SSSR count). The van der Waals surface area contributed by atoms with Crippen LogP contribution in [0.1, 0.15) is 32.1 Å². The lowest BCUT2D eigenvalue weighted by molar-refractivity contribution is 0.0670. The third kappa shape index (κ3) is 1.93. The first-order valence-electron chi connectivity index (χ1n) is 6.49. The van der Waals surface area contributed by atoms with Crippen molar-refractivity contribution in [1.29, 1.82) is 0 Å². The minimum absolute atomic E-state index is 0.0170. The van der Waals surface area contributed by atoms with E-state index in [0.29, 0.717) is 6.04 Å². The minimum atomic E-state index is -0.0170. The van der Waals surface area contributed by atoms with Gasteiger partial charge in [-0.3, -0.25) is 9.80 Å². The average molecular weight is 210 g/mol. The van der Waals surface area contributed by atoms with E-state index in [2.05, 4.69) is 9.80 Å². The predicted octanol–water partition coefficient (Wildman–Crippen LogP) is 0.680. The third-order valence-electron chi connectivity index (χ3n) is 4.51. The summed E-state index contributed by atoms with van der Waals surface area (Å²) in [6, 6.07) is 1.51. The highest BCUT2D eigenvalue weighted by Crippen LogP contribution is 2.28. The Balaban J connectivity index is 1.59. The first-order valence-corrected chi connectivity index (χ1v) is 6.49. The smallest absolute Gasteiger partial charge is 0.0555 e. The van der Waals surface area contributed by atoms with Crippen LogP contribution in [0.15, 0.2) is 0 Å². The second-order valence-corrected chi connectivity index (χ2v) is 5.45. The first kappa shape index (κ1) is 10.1. The number of piperazine rings is 1. The largest absolute Gasteiger partial charge is 0.393 e. The molecule has 1 saturated carbocycles. The van der Waals surface area contributed by atoms with Crippen LogP contribution in [0.25, 0.3) is 0 Å². The van der Waals surface area contributed by atoms with Gasteiger partial charge in [0.05, 0.1) is 6.10 Å². The molecule has 2 aliphatic heterocycles.